The van der Waals surface area contributed by atoms with Crippen LogP contribution in [0.3, 0.4) is 0 Å². The van der Waals surface area contributed by atoms with E-state index in [9.17, 15) is 4.79 Å². The maximum absolute atomic E-state index is 12.6. The van der Waals surface area contributed by atoms with Crippen LogP contribution in [0.2, 0.25) is 0 Å². The third kappa shape index (κ3) is 3.76. The number of benzene rings is 1. The molecular weight excluding hydrogens is 322 g/mol. The molecule has 0 radical (unpaired) electrons. The van der Waals surface area contributed by atoms with Crippen LogP contribution in [-0.4, -0.2) is 48.1 Å². The van der Waals surface area contributed by atoms with Crippen molar-refractivity contribution in [3.05, 3.63) is 35.3 Å². The fourth-order valence-corrected chi connectivity index (χ4v) is 3.51. The minimum absolute atomic E-state index is 0.0226. The van der Waals surface area contributed by atoms with Gasteiger partial charge in [-0.1, -0.05) is 6.92 Å². The van der Waals surface area contributed by atoms with Crippen molar-refractivity contribution in [3.63, 3.8) is 0 Å². The average molecular weight is 345 g/mol. The molecular formula is C18H23N3O2S. The lowest BCUT2D eigenvalue weighted by Gasteiger charge is -2.33. The van der Waals surface area contributed by atoms with Crippen molar-refractivity contribution in [2.45, 2.75) is 26.3 Å². The standard InChI is InChI=1S/C18H23N3O2S/c1-3-10-23-15-6-4-14(5-7-15)17-20-16(12-24-17)18(22)21-9-8-19-11-13(21)2/h4-7,12-13,19H,3,8-11H2,1-2H3/t13-/m1/s1. The van der Waals surface area contributed by atoms with Gasteiger partial charge in [0.2, 0.25) is 0 Å². The van der Waals surface area contributed by atoms with E-state index in [1.54, 1.807) is 0 Å². The van der Waals surface area contributed by atoms with Gasteiger partial charge in [-0.2, -0.15) is 0 Å². The van der Waals surface area contributed by atoms with Crippen molar-refractivity contribution in [1.29, 1.82) is 0 Å². The molecule has 1 aliphatic heterocycles. The molecule has 1 amide bonds. The van der Waals surface area contributed by atoms with E-state index in [0.29, 0.717) is 5.69 Å². The van der Waals surface area contributed by atoms with E-state index in [-0.39, 0.29) is 11.9 Å². The van der Waals surface area contributed by atoms with Crippen molar-refractivity contribution in [3.8, 4) is 16.3 Å². The molecule has 24 heavy (non-hydrogen) atoms. The van der Waals surface area contributed by atoms with Gasteiger partial charge in [0.15, 0.2) is 0 Å². The normalized spacial score (nSPS) is 17.8. The van der Waals surface area contributed by atoms with E-state index < -0.39 is 0 Å². The fraction of sp³-hybridized carbons (Fsp3) is 0.444. The summed E-state index contributed by atoms with van der Waals surface area (Å²) >= 11 is 1.50. The van der Waals surface area contributed by atoms with Gasteiger partial charge >= 0.3 is 0 Å². The quantitative estimate of drug-likeness (QED) is 0.905. The van der Waals surface area contributed by atoms with Crippen LogP contribution in [0.4, 0.5) is 0 Å². The van der Waals surface area contributed by atoms with Gasteiger partial charge in [-0.3, -0.25) is 4.79 Å². The largest absolute Gasteiger partial charge is 0.494 e. The van der Waals surface area contributed by atoms with Crippen LogP contribution < -0.4 is 10.1 Å². The van der Waals surface area contributed by atoms with E-state index in [1.165, 1.54) is 11.3 Å². The summed E-state index contributed by atoms with van der Waals surface area (Å²) in [4.78, 5) is 19.1. The van der Waals surface area contributed by atoms with Gasteiger partial charge in [0.25, 0.3) is 5.91 Å². The Balaban J connectivity index is 1.71. The topological polar surface area (TPSA) is 54.5 Å². The Hall–Kier alpha value is -1.92. The molecule has 1 saturated heterocycles. The molecule has 1 aromatic heterocycles. The number of piperazine rings is 1. The number of hydrogen-bond acceptors (Lipinski definition) is 5. The molecule has 1 aliphatic rings. The summed E-state index contributed by atoms with van der Waals surface area (Å²) in [6.07, 6.45) is 0.990. The highest BCUT2D eigenvalue weighted by molar-refractivity contribution is 7.13. The van der Waals surface area contributed by atoms with Crippen molar-refractivity contribution >= 4 is 17.2 Å². The molecule has 0 spiro atoms. The van der Waals surface area contributed by atoms with Crippen LogP contribution in [0, 0.1) is 0 Å². The lowest BCUT2D eigenvalue weighted by atomic mass is 10.2. The molecule has 2 heterocycles. The molecule has 0 bridgehead atoms. The van der Waals surface area contributed by atoms with E-state index in [2.05, 4.69) is 24.1 Å². The van der Waals surface area contributed by atoms with Gasteiger partial charge in [-0.15, -0.1) is 11.3 Å². The summed E-state index contributed by atoms with van der Waals surface area (Å²) in [5.74, 6) is 0.887. The highest BCUT2D eigenvalue weighted by Crippen LogP contribution is 2.26. The van der Waals surface area contributed by atoms with Crippen molar-refractivity contribution < 1.29 is 9.53 Å². The predicted molar refractivity (Wildman–Crippen MR) is 96.7 cm³/mol. The summed E-state index contributed by atoms with van der Waals surface area (Å²) in [6, 6.07) is 8.08. The summed E-state index contributed by atoms with van der Waals surface area (Å²) < 4.78 is 5.60. The number of thiazole rings is 1. The second-order valence-electron chi connectivity index (χ2n) is 5.96. The highest BCUT2D eigenvalue weighted by Gasteiger charge is 2.25. The first-order valence-electron chi connectivity index (χ1n) is 8.39. The molecule has 1 aromatic carbocycles. The molecule has 128 valence electrons. The van der Waals surface area contributed by atoms with E-state index in [1.807, 2.05) is 34.5 Å². The highest BCUT2D eigenvalue weighted by atomic mass is 32.1. The van der Waals surface area contributed by atoms with Crippen molar-refractivity contribution in [2.75, 3.05) is 26.2 Å². The lowest BCUT2D eigenvalue weighted by molar-refractivity contribution is 0.0650. The first-order valence-corrected chi connectivity index (χ1v) is 9.27. The number of nitrogens with zero attached hydrogens (tertiary/aromatic N) is 2. The Morgan fingerprint density at radius 1 is 1.42 bits per heavy atom. The van der Waals surface area contributed by atoms with Gasteiger partial charge in [0, 0.05) is 36.6 Å². The van der Waals surface area contributed by atoms with Crippen LogP contribution >= 0.6 is 11.3 Å². The first kappa shape index (κ1) is 16.9. The van der Waals surface area contributed by atoms with Crippen molar-refractivity contribution in [1.82, 2.24) is 15.2 Å². The second-order valence-corrected chi connectivity index (χ2v) is 6.82. The number of rotatable bonds is 5. The molecule has 0 saturated carbocycles. The van der Waals surface area contributed by atoms with Crippen LogP contribution in [0.15, 0.2) is 29.6 Å². The minimum Gasteiger partial charge on any atom is -0.494 e. The molecule has 5 nitrogen and oxygen atoms in total. The minimum atomic E-state index is 0.0226. The Morgan fingerprint density at radius 2 is 2.21 bits per heavy atom. The average Bonchev–Trinajstić information content (AvgIpc) is 3.10. The van der Waals surface area contributed by atoms with Gasteiger partial charge < -0.3 is 15.0 Å². The maximum atomic E-state index is 12.6. The molecule has 3 rings (SSSR count). The predicted octanol–water partition coefficient (Wildman–Crippen LogP) is 3.03. The molecule has 0 unspecified atom stereocenters. The van der Waals surface area contributed by atoms with Gasteiger partial charge in [0.05, 0.1) is 6.61 Å². The fourth-order valence-electron chi connectivity index (χ4n) is 2.71. The monoisotopic (exact) mass is 345 g/mol. The van der Waals surface area contributed by atoms with Crippen LogP contribution in [0.1, 0.15) is 30.8 Å². The summed E-state index contributed by atoms with van der Waals surface area (Å²) in [5, 5.41) is 6.02. The SMILES string of the molecule is CCCOc1ccc(-c2nc(C(=O)N3CCNC[C@H]3C)cs2)cc1. The number of hydrogen-bond donors (Lipinski definition) is 1. The number of amides is 1. The summed E-state index contributed by atoms with van der Waals surface area (Å²) in [5.41, 5.74) is 1.55. The second kappa shape index (κ2) is 7.77. The van der Waals surface area contributed by atoms with Crippen LogP contribution in [-0.2, 0) is 0 Å². The Bertz CT molecular complexity index is 684. The lowest BCUT2D eigenvalue weighted by Crippen LogP contribution is -2.52. The number of aromatic nitrogens is 1. The molecule has 1 fully saturated rings. The van der Waals surface area contributed by atoms with E-state index in [4.69, 9.17) is 4.74 Å². The Labute approximate surface area is 146 Å². The maximum Gasteiger partial charge on any atom is 0.273 e. The number of carbonyl (C=O) groups is 1. The van der Waals surface area contributed by atoms with E-state index >= 15 is 0 Å². The van der Waals surface area contributed by atoms with Crippen LogP contribution in [0.5, 0.6) is 5.75 Å². The van der Waals surface area contributed by atoms with Crippen molar-refractivity contribution in [2.24, 2.45) is 0 Å². The smallest absolute Gasteiger partial charge is 0.273 e. The van der Waals surface area contributed by atoms with Gasteiger partial charge in [-0.25, -0.2) is 4.98 Å². The zero-order chi connectivity index (χ0) is 16.9. The zero-order valence-corrected chi connectivity index (χ0v) is 14.9. The Morgan fingerprint density at radius 3 is 2.92 bits per heavy atom. The molecule has 1 atom stereocenters. The molecule has 1 N–H and O–H groups in total. The summed E-state index contributed by atoms with van der Waals surface area (Å²) in [7, 11) is 0. The molecule has 2 aromatic rings. The Kier molecular flexibility index (Phi) is 5.48. The van der Waals surface area contributed by atoms with Gasteiger partial charge in [-0.05, 0) is 37.6 Å². The number of ether oxygens (including phenoxy) is 1. The van der Waals surface area contributed by atoms with E-state index in [0.717, 1.165) is 49.0 Å². The molecule has 0 aliphatic carbocycles. The number of nitrogens with one attached hydrogen (secondary N) is 1. The third-order valence-corrected chi connectivity index (χ3v) is 4.95. The molecule has 6 heteroatoms. The summed E-state index contributed by atoms with van der Waals surface area (Å²) in [6.45, 7) is 7.27. The zero-order valence-electron chi connectivity index (χ0n) is 14.1. The third-order valence-electron chi connectivity index (χ3n) is 4.06. The first-order chi connectivity index (χ1) is 11.7. The van der Waals surface area contributed by atoms with Crippen LogP contribution in [0.25, 0.3) is 10.6 Å². The number of carbonyl (C=O) groups excluding carboxylic acids is 1. The van der Waals surface area contributed by atoms with Gasteiger partial charge in [0.1, 0.15) is 16.5 Å².